The number of hydrogen-bond acceptors (Lipinski definition) is 4. The zero-order valence-corrected chi connectivity index (χ0v) is 26.1. The average molecular weight is 611 g/mol. The zero-order chi connectivity index (χ0) is 32.0. The van der Waals surface area contributed by atoms with E-state index in [1.54, 1.807) is 6.07 Å². The summed E-state index contributed by atoms with van der Waals surface area (Å²) in [6.07, 6.45) is 0. The van der Waals surface area contributed by atoms with Gasteiger partial charge >= 0.3 is 0 Å². The predicted octanol–water partition coefficient (Wildman–Crippen LogP) is 10.8. The smallest absolute Gasteiger partial charge is 0.164 e. The fourth-order valence-electron chi connectivity index (χ4n) is 6.69. The van der Waals surface area contributed by atoms with Crippen molar-refractivity contribution >= 4 is 17.1 Å². The Labute approximate surface area is 273 Å². The molecule has 7 aromatic rings. The maximum Gasteiger partial charge on any atom is 0.164 e. The van der Waals surface area contributed by atoms with E-state index in [1.165, 1.54) is 17.2 Å². The lowest BCUT2D eigenvalue weighted by Crippen LogP contribution is -2.30. The van der Waals surface area contributed by atoms with E-state index >= 15 is 4.39 Å². The number of anilines is 3. The van der Waals surface area contributed by atoms with Gasteiger partial charge in [0.25, 0.3) is 0 Å². The van der Waals surface area contributed by atoms with Gasteiger partial charge in [0.15, 0.2) is 17.5 Å². The number of nitrogens with zero attached hydrogens (tertiary/aromatic N) is 4. The Hall–Kier alpha value is -5.94. The minimum absolute atomic E-state index is 0.214. The lowest BCUT2D eigenvalue weighted by Gasteiger charge is -2.42. The molecule has 1 aliphatic heterocycles. The van der Waals surface area contributed by atoms with Gasteiger partial charge in [-0.3, -0.25) is 0 Å². The lowest BCUT2D eigenvalue weighted by molar-refractivity contribution is 0.626. The van der Waals surface area contributed by atoms with Crippen molar-refractivity contribution < 1.29 is 4.39 Å². The van der Waals surface area contributed by atoms with Crippen LogP contribution in [0.3, 0.4) is 0 Å². The number of benzene rings is 6. The summed E-state index contributed by atoms with van der Waals surface area (Å²) in [5.74, 6) is 1.35. The van der Waals surface area contributed by atoms with Gasteiger partial charge in [-0.2, -0.15) is 0 Å². The van der Waals surface area contributed by atoms with Crippen LogP contribution in [0.5, 0.6) is 0 Å². The molecule has 0 unspecified atom stereocenters. The summed E-state index contributed by atoms with van der Waals surface area (Å²) in [6.45, 7) is 4.52. The van der Waals surface area contributed by atoms with Crippen LogP contribution in [0, 0.1) is 5.82 Å². The van der Waals surface area contributed by atoms with Crippen LogP contribution >= 0.6 is 0 Å². The summed E-state index contributed by atoms with van der Waals surface area (Å²) < 4.78 is 15.4. The van der Waals surface area contributed by atoms with Crippen LogP contribution in [0.25, 0.3) is 45.3 Å². The number of halogens is 1. The van der Waals surface area contributed by atoms with Crippen molar-refractivity contribution in [1.82, 2.24) is 15.0 Å². The third-order valence-corrected chi connectivity index (χ3v) is 8.99. The van der Waals surface area contributed by atoms with Crippen LogP contribution in [0.1, 0.15) is 25.0 Å². The Kier molecular flexibility index (Phi) is 6.95. The van der Waals surface area contributed by atoms with Crippen molar-refractivity contribution in [2.75, 3.05) is 4.90 Å². The highest BCUT2D eigenvalue weighted by Crippen LogP contribution is 2.53. The van der Waals surface area contributed by atoms with Gasteiger partial charge in [-0.25, -0.2) is 19.3 Å². The Morgan fingerprint density at radius 1 is 0.447 bits per heavy atom. The molecule has 4 nitrogen and oxygen atoms in total. The van der Waals surface area contributed by atoms with Crippen molar-refractivity contribution in [2.24, 2.45) is 0 Å². The monoisotopic (exact) mass is 610 g/mol. The van der Waals surface area contributed by atoms with E-state index in [4.69, 9.17) is 15.0 Å². The summed E-state index contributed by atoms with van der Waals surface area (Å²) in [4.78, 5) is 17.2. The second-order valence-electron chi connectivity index (χ2n) is 12.2. The minimum atomic E-state index is -0.317. The first-order chi connectivity index (χ1) is 23.0. The summed E-state index contributed by atoms with van der Waals surface area (Å²) in [5.41, 5.74) is 9.35. The largest absolute Gasteiger partial charge is 0.309 e. The molecule has 0 N–H and O–H groups in total. The van der Waals surface area contributed by atoms with Crippen molar-refractivity contribution in [3.63, 3.8) is 0 Å². The Bertz CT molecular complexity index is 2140. The van der Waals surface area contributed by atoms with E-state index in [0.29, 0.717) is 17.5 Å². The highest BCUT2D eigenvalue weighted by molar-refractivity contribution is 5.95. The molecule has 1 aliphatic rings. The van der Waals surface area contributed by atoms with Crippen LogP contribution in [-0.4, -0.2) is 15.0 Å². The normalized spacial score (nSPS) is 13.1. The number of aromatic nitrogens is 3. The van der Waals surface area contributed by atoms with Crippen LogP contribution in [0.15, 0.2) is 152 Å². The van der Waals surface area contributed by atoms with Gasteiger partial charge in [-0.15, -0.1) is 0 Å². The third-order valence-electron chi connectivity index (χ3n) is 8.99. The molecule has 1 aromatic heterocycles. The Balaban J connectivity index is 1.37. The maximum atomic E-state index is 15.4. The molecule has 0 spiro atoms. The number of rotatable bonds is 5. The number of para-hydroxylation sites is 2. The standard InChI is InChI=1S/C42H31FN4/c1-42(2)34-21-11-13-23-37(34)47(38-24-14-12-22-35(38)42)36-26-25-30(43)27-33(36)31-19-9-10-20-32(31)41-45-39(28-15-5-3-6-16-28)44-40(46-41)29-17-7-4-8-18-29/h3-27H,1-2H3. The van der Waals surface area contributed by atoms with Crippen molar-refractivity contribution in [2.45, 2.75) is 19.3 Å². The molecular weight excluding hydrogens is 579 g/mol. The van der Waals surface area contributed by atoms with E-state index in [2.05, 4.69) is 67.3 Å². The predicted molar refractivity (Wildman–Crippen MR) is 188 cm³/mol. The molecule has 2 heterocycles. The molecule has 0 aliphatic carbocycles. The van der Waals surface area contributed by atoms with Gasteiger partial charge in [-0.1, -0.05) is 135 Å². The highest BCUT2D eigenvalue weighted by atomic mass is 19.1. The van der Waals surface area contributed by atoms with E-state index in [-0.39, 0.29) is 11.2 Å². The van der Waals surface area contributed by atoms with Crippen LogP contribution < -0.4 is 4.90 Å². The first-order valence-electron chi connectivity index (χ1n) is 15.7. The van der Waals surface area contributed by atoms with E-state index in [0.717, 1.165) is 44.9 Å². The first-order valence-corrected chi connectivity index (χ1v) is 15.7. The molecule has 8 rings (SSSR count). The van der Waals surface area contributed by atoms with Gasteiger partial charge in [0.2, 0.25) is 0 Å². The molecule has 5 heteroatoms. The maximum absolute atomic E-state index is 15.4. The van der Waals surface area contributed by atoms with Crippen LogP contribution in [0.4, 0.5) is 21.5 Å². The Morgan fingerprint density at radius 2 is 0.915 bits per heavy atom. The van der Waals surface area contributed by atoms with Gasteiger partial charge in [0.05, 0.1) is 17.1 Å². The molecule has 0 saturated heterocycles. The number of fused-ring (bicyclic) bond motifs is 2. The molecule has 6 aromatic carbocycles. The van der Waals surface area contributed by atoms with E-state index in [1.807, 2.05) is 91.0 Å². The van der Waals surface area contributed by atoms with Gasteiger partial charge in [-0.05, 0) is 47.0 Å². The van der Waals surface area contributed by atoms with Gasteiger partial charge in [0.1, 0.15) is 5.82 Å². The zero-order valence-electron chi connectivity index (χ0n) is 26.1. The quantitative estimate of drug-likeness (QED) is 0.194. The SMILES string of the molecule is CC1(C)c2ccccc2N(c2ccc(F)cc2-c2ccccc2-c2nc(-c3ccccc3)nc(-c3ccccc3)n2)c2ccccc21. The van der Waals surface area contributed by atoms with E-state index < -0.39 is 0 Å². The fraction of sp³-hybridized carbons (Fsp3) is 0.0714. The molecule has 0 saturated carbocycles. The second kappa shape index (κ2) is 11.5. The molecular formula is C42H31FN4. The average Bonchev–Trinajstić information content (AvgIpc) is 3.13. The van der Waals surface area contributed by atoms with Crippen LogP contribution in [0.2, 0.25) is 0 Å². The topological polar surface area (TPSA) is 41.9 Å². The lowest BCUT2D eigenvalue weighted by atomic mass is 9.73. The third kappa shape index (κ3) is 4.97. The highest BCUT2D eigenvalue weighted by Gasteiger charge is 2.37. The van der Waals surface area contributed by atoms with Gasteiger partial charge in [0, 0.05) is 27.7 Å². The molecule has 0 amide bonds. The molecule has 0 fully saturated rings. The molecule has 0 bridgehead atoms. The van der Waals surface area contributed by atoms with Crippen LogP contribution in [-0.2, 0) is 5.41 Å². The van der Waals surface area contributed by atoms with E-state index in [9.17, 15) is 0 Å². The fourth-order valence-corrected chi connectivity index (χ4v) is 6.69. The Morgan fingerprint density at radius 3 is 1.49 bits per heavy atom. The molecule has 47 heavy (non-hydrogen) atoms. The summed E-state index contributed by atoms with van der Waals surface area (Å²) >= 11 is 0. The molecule has 226 valence electrons. The first kappa shape index (κ1) is 28.5. The van der Waals surface area contributed by atoms with Crippen molar-refractivity contribution in [3.05, 3.63) is 169 Å². The van der Waals surface area contributed by atoms with Gasteiger partial charge < -0.3 is 4.90 Å². The van der Waals surface area contributed by atoms with Crippen molar-refractivity contribution in [3.8, 4) is 45.3 Å². The second-order valence-corrected chi connectivity index (χ2v) is 12.2. The minimum Gasteiger partial charge on any atom is -0.309 e. The van der Waals surface area contributed by atoms with Crippen molar-refractivity contribution in [1.29, 1.82) is 0 Å². The summed E-state index contributed by atoms with van der Waals surface area (Å²) in [6, 6.07) is 49.8. The summed E-state index contributed by atoms with van der Waals surface area (Å²) in [7, 11) is 0. The number of hydrogen-bond donors (Lipinski definition) is 0. The molecule has 0 atom stereocenters. The summed E-state index contributed by atoms with van der Waals surface area (Å²) in [5, 5.41) is 0. The molecule has 0 radical (unpaired) electrons.